The van der Waals surface area contributed by atoms with Crippen molar-refractivity contribution in [3.63, 3.8) is 0 Å². The Morgan fingerprint density at radius 1 is 1.40 bits per heavy atom. The van der Waals surface area contributed by atoms with Crippen molar-refractivity contribution in [1.29, 1.82) is 0 Å². The van der Waals surface area contributed by atoms with Crippen molar-refractivity contribution in [2.45, 2.75) is 39.3 Å². The second-order valence-corrected chi connectivity index (χ2v) is 4.33. The van der Waals surface area contributed by atoms with Gasteiger partial charge < -0.3 is 15.8 Å². The van der Waals surface area contributed by atoms with Gasteiger partial charge in [0.1, 0.15) is 11.6 Å². The monoisotopic (exact) mass is 214 g/mol. The number of carbonyl (C=O) groups excluding carboxylic acids is 2. The maximum atomic E-state index is 11.3. The summed E-state index contributed by atoms with van der Waals surface area (Å²) < 4.78 is 4.97. The minimum absolute atomic E-state index is 0.466. The van der Waals surface area contributed by atoms with E-state index in [1.54, 1.807) is 27.7 Å². The molecule has 0 aliphatic heterocycles. The molecule has 0 radical (unpaired) electrons. The van der Waals surface area contributed by atoms with Crippen molar-refractivity contribution in [2.24, 2.45) is 5.73 Å². The predicted octanol–water partition coefficient (Wildman–Crippen LogP) is 0.941. The topological polar surface area (TPSA) is 81.4 Å². The molecule has 0 spiro atoms. The molecule has 0 unspecified atom stereocenters. The van der Waals surface area contributed by atoms with E-state index < -0.39 is 23.6 Å². The van der Waals surface area contributed by atoms with Crippen LogP contribution < -0.4 is 11.1 Å². The molecular weight excluding hydrogens is 196 g/mol. The second kappa shape index (κ2) is 4.82. The van der Waals surface area contributed by atoms with Gasteiger partial charge >= 0.3 is 6.09 Å². The summed E-state index contributed by atoms with van der Waals surface area (Å²) in [5.74, 6) is -0.659. The maximum absolute atomic E-state index is 11.3. The van der Waals surface area contributed by atoms with Crippen LogP contribution in [0.5, 0.6) is 0 Å². The Morgan fingerprint density at radius 2 is 1.87 bits per heavy atom. The van der Waals surface area contributed by atoms with E-state index in [2.05, 4.69) is 11.9 Å². The molecule has 0 aromatic carbocycles. The van der Waals surface area contributed by atoms with Gasteiger partial charge in [-0.05, 0) is 33.3 Å². The molecule has 86 valence electrons. The molecule has 0 bridgehead atoms. The highest BCUT2D eigenvalue weighted by Crippen LogP contribution is 2.07. The van der Waals surface area contributed by atoms with E-state index in [1.165, 1.54) is 0 Å². The summed E-state index contributed by atoms with van der Waals surface area (Å²) >= 11 is 0. The Labute approximate surface area is 89.7 Å². The summed E-state index contributed by atoms with van der Waals surface area (Å²) in [7, 11) is 0. The molecule has 0 saturated carbocycles. The number of alkyl carbamates (subject to hydrolysis) is 1. The first-order valence-corrected chi connectivity index (χ1v) is 4.57. The van der Waals surface area contributed by atoms with Crippen LogP contribution in [0.2, 0.25) is 0 Å². The van der Waals surface area contributed by atoms with Crippen LogP contribution in [-0.4, -0.2) is 23.6 Å². The Morgan fingerprint density at radius 3 is 2.13 bits per heavy atom. The third kappa shape index (κ3) is 5.72. The molecule has 0 aliphatic carbocycles. The average molecular weight is 214 g/mol. The number of amides is 2. The van der Waals surface area contributed by atoms with Gasteiger partial charge in [0.05, 0.1) is 0 Å². The SMILES string of the molecule is C=C(C)[C@H](NC(=O)OC(C)(C)C)C(N)=O. The van der Waals surface area contributed by atoms with E-state index in [1.807, 2.05) is 0 Å². The van der Waals surface area contributed by atoms with Crippen LogP contribution in [-0.2, 0) is 9.53 Å². The molecule has 0 rings (SSSR count). The zero-order chi connectivity index (χ0) is 12.2. The molecule has 3 N–H and O–H groups in total. The molecule has 2 amide bonds. The van der Waals surface area contributed by atoms with Crippen LogP contribution in [0.15, 0.2) is 12.2 Å². The average Bonchev–Trinajstić information content (AvgIpc) is 1.95. The first-order valence-electron chi connectivity index (χ1n) is 4.57. The van der Waals surface area contributed by atoms with Gasteiger partial charge in [-0.25, -0.2) is 4.79 Å². The largest absolute Gasteiger partial charge is 0.444 e. The molecule has 5 heteroatoms. The van der Waals surface area contributed by atoms with Gasteiger partial charge in [-0.1, -0.05) is 6.58 Å². The molecule has 0 heterocycles. The fourth-order valence-corrected chi connectivity index (χ4v) is 0.863. The first-order chi connectivity index (χ1) is 6.63. The van der Waals surface area contributed by atoms with E-state index in [4.69, 9.17) is 10.5 Å². The van der Waals surface area contributed by atoms with E-state index in [0.717, 1.165) is 0 Å². The number of nitrogens with two attached hydrogens (primary N) is 1. The van der Waals surface area contributed by atoms with Crippen LogP contribution in [0.25, 0.3) is 0 Å². The van der Waals surface area contributed by atoms with E-state index >= 15 is 0 Å². The van der Waals surface area contributed by atoms with Gasteiger partial charge in [-0.2, -0.15) is 0 Å². The van der Waals surface area contributed by atoms with Crippen molar-refractivity contribution in [1.82, 2.24) is 5.32 Å². The highest BCUT2D eigenvalue weighted by molar-refractivity contribution is 5.87. The van der Waals surface area contributed by atoms with Gasteiger partial charge in [-0.3, -0.25) is 4.79 Å². The normalized spacial score (nSPS) is 12.8. The fraction of sp³-hybridized carbons (Fsp3) is 0.600. The quantitative estimate of drug-likeness (QED) is 0.686. The number of carbonyl (C=O) groups is 2. The third-order valence-corrected chi connectivity index (χ3v) is 1.44. The summed E-state index contributed by atoms with van der Waals surface area (Å²) in [6.07, 6.45) is -0.686. The van der Waals surface area contributed by atoms with Crippen molar-refractivity contribution in [3.05, 3.63) is 12.2 Å². The van der Waals surface area contributed by atoms with Crippen molar-refractivity contribution in [2.75, 3.05) is 0 Å². The molecule has 0 aromatic heterocycles. The lowest BCUT2D eigenvalue weighted by Gasteiger charge is -2.22. The zero-order valence-corrected chi connectivity index (χ0v) is 9.59. The molecule has 0 aromatic rings. The predicted molar refractivity (Wildman–Crippen MR) is 57.2 cm³/mol. The van der Waals surface area contributed by atoms with Gasteiger partial charge in [0.15, 0.2) is 0 Å². The van der Waals surface area contributed by atoms with Gasteiger partial charge in [0.25, 0.3) is 0 Å². The van der Waals surface area contributed by atoms with Gasteiger partial charge in [-0.15, -0.1) is 0 Å². The Balaban J connectivity index is 4.38. The molecule has 0 fully saturated rings. The molecule has 0 saturated heterocycles. The van der Waals surface area contributed by atoms with Crippen LogP contribution in [0.3, 0.4) is 0 Å². The minimum atomic E-state index is -0.889. The van der Waals surface area contributed by atoms with Crippen LogP contribution in [0, 0.1) is 0 Å². The number of hydrogen-bond acceptors (Lipinski definition) is 3. The second-order valence-electron chi connectivity index (χ2n) is 4.33. The lowest BCUT2D eigenvalue weighted by atomic mass is 10.1. The Bertz CT molecular complexity index is 265. The summed E-state index contributed by atoms with van der Waals surface area (Å²) in [4.78, 5) is 22.2. The molecular formula is C10H18N2O3. The lowest BCUT2D eigenvalue weighted by molar-refractivity contribution is -0.119. The molecule has 0 aliphatic rings. The third-order valence-electron chi connectivity index (χ3n) is 1.44. The molecule has 5 nitrogen and oxygen atoms in total. The number of ether oxygens (including phenoxy) is 1. The Hall–Kier alpha value is -1.52. The molecule has 1 atom stereocenters. The van der Waals surface area contributed by atoms with Crippen LogP contribution in [0.1, 0.15) is 27.7 Å². The van der Waals surface area contributed by atoms with Crippen molar-refractivity contribution < 1.29 is 14.3 Å². The van der Waals surface area contributed by atoms with Crippen molar-refractivity contribution in [3.8, 4) is 0 Å². The van der Waals surface area contributed by atoms with Crippen molar-refractivity contribution >= 4 is 12.0 Å². The van der Waals surface area contributed by atoms with E-state index in [9.17, 15) is 9.59 Å². The summed E-state index contributed by atoms with van der Waals surface area (Å²) in [5, 5.41) is 2.34. The highest BCUT2D eigenvalue weighted by atomic mass is 16.6. The lowest BCUT2D eigenvalue weighted by Crippen LogP contribution is -2.46. The smallest absolute Gasteiger partial charge is 0.408 e. The number of nitrogens with one attached hydrogen (secondary N) is 1. The van der Waals surface area contributed by atoms with Gasteiger partial charge in [0.2, 0.25) is 5.91 Å². The van der Waals surface area contributed by atoms with Gasteiger partial charge in [0, 0.05) is 0 Å². The summed E-state index contributed by atoms with van der Waals surface area (Å²) in [6.45, 7) is 10.3. The number of rotatable bonds is 3. The summed E-state index contributed by atoms with van der Waals surface area (Å²) in [6, 6.07) is -0.889. The summed E-state index contributed by atoms with van der Waals surface area (Å²) in [5.41, 5.74) is 4.94. The first kappa shape index (κ1) is 13.5. The molecule has 15 heavy (non-hydrogen) atoms. The fourth-order valence-electron chi connectivity index (χ4n) is 0.863. The number of hydrogen-bond donors (Lipinski definition) is 2. The number of primary amides is 1. The van der Waals surface area contributed by atoms with Crippen LogP contribution >= 0.6 is 0 Å². The zero-order valence-electron chi connectivity index (χ0n) is 9.59. The van der Waals surface area contributed by atoms with E-state index in [-0.39, 0.29) is 0 Å². The maximum Gasteiger partial charge on any atom is 0.408 e. The Kier molecular flexibility index (Phi) is 4.33. The standard InChI is InChI=1S/C10H18N2O3/c1-6(2)7(8(11)13)12-9(14)15-10(3,4)5/h7H,1H2,2-5H3,(H2,11,13)(H,12,14)/t7-/m0/s1. The highest BCUT2D eigenvalue weighted by Gasteiger charge is 2.22. The van der Waals surface area contributed by atoms with E-state index in [0.29, 0.717) is 5.57 Å². The minimum Gasteiger partial charge on any atom is -0.444 e. The van der Waals surface area contributed by atoms with Crippen LogP contribution in [0.4, 0.5) is 4.79 Å².